The van der Waals surface area contributed by atoms with Gasteiger partial charge in [0.15, 0.2) is 0 Å². The molecule has 0 aromatic heterocycles. The molecule has 2 aliphatic heterocycles. The highest BCUT2D eigenvalue weighted by molar-refractivity contribution is 5.85. The topological polar surface area (TPSA) is 21.3 Å². The van der Waals surface area contributed by atoms with Crippen LogP contribution in [0, 0.1) is 6.92 Å². The van der Waals surface area contributed by atoms with Crippen molar-refractivity contribution in [1.29, 1.82) is 0 Å². The fourth-order valence-electron chi connectivity index (χ4n) is 2.53. The van der Waals surface area contributed by atoms with Crippen LogP contribution in [0.1, 0.15) is 22.6 Å². The van der Waals surface area contributed by atoms with Crippen LogP contribution in [0.2, 0.25) is 0 Å². The van der Waals surface area contributed by atoms with E-state index in [9.17, 15) is 0 Å². The lowest BCUT2D eigenvalue weighted by Gasteiger charge is -2.28. The monoisotopic (exact) mass is 225 g/mol. The maximum absolute atomic E-state index is 5.81. The second kappa shape index (κ2) is 4.12. The average molecular weight is 226 g/mol. The summed E-state index contributed by atoms with van der Waals surface area (Å²) >= 11 is 0. The molecule has 0 amide bonds. The minimum atomic E-state index is 0. The number of ether oxygens (including phenoxy) is 1. The van der Waals surface area contributed by atoms with Crippen molar-refractivity contribution in [2.75, 3.05) is 13.1 Å². The Morgan fingerprint density at radius 1 is 1.33 bits per heavy atom. The minimum absolute atomic E-state index is 0. The van der Waals surface area contributed by atoms with Gasteiger partial charge in [-0.05, 0) is 18.1 Å². The van der Waals surface area contributed by atoms with Gasteiger partial charge in [-0.2, -0.15) is 0 Å². The third-order valence-electron chi connectivity index (χ3n) is 3.31. The van der Waals surface area contributed by atoms with Crippen molar-refractivity contribution in [3.63, 3.8) is 0 Å². The van der Waals surface area contributed by atoms with E-state index < -0.39 is 0 Å². The summed E-state index contributed by atoms with van der Waals surface area (Å²) in [7, 11) is 0. The molecule has 1 aromatic carbocycles. The van der Waals surface area contributed by atoms with Crippen LogP contribution in [0.4, 0.5) is 0 Å². The van der Waals surface area contributed by atoms with E-state index in [1.165, 1.54) is 16.7 Å². The zero-order chi connectivity index (χ0) is 9.54. The first-order chi connectivity index (χ1) is 6.84. The summed E-state index contributed by atoms with van der Waals surface area (Å²) in [5.74, 6) is 0.582. The maximum atomic E-state index is 5.81. The molecule has 1 aromatic rings. The molecule has 0 unspecified atom stereocenters. The summed E-state index contributed by atoms with van der Waals surface area (Å²) in [6.07, 6.45) is 0.407. The fourth-order valence-corrected chi connectivity index (χ4v) is 2.53. The minimum Gasteiger partial charge on any atom is -0.372 e. The molecule has 2 heterocycles. The van der Waals surface area contributed by atoms with Gasteiger partial charge in [-0.3, -0.25) is 0 Å². The average Bonchev–Trinajstić information content (AvgIpc) is 2.65. The smallest absolute Gasteiger partial charge is 0.0784 e. The molecule has 0 saturated carbocycles. The standard InChI is InChI=1S/C12H15NO.ClH/c1-8-2-3-9-7-14-12-6-13-5-11(12)10(9)4-8;/h2-4,11-13H,5-7H2,1H3;1H/t11-,12-;/m1./s1. The number of fused-ring (bicyclic) bond motifs is 3. The number of halogens is 1. The molecule has 3 rings (SSSR count). The molecule has 3 heteroatoms. The molecule has 82 valence electrons. The summed E-state index contributed by atoms with van der Waals surface area (Å²) in [6.45, 7) is 5.03. The Bertz CT molecular complexity index is 367. The molecule has 2 aliphatic rings. The van der Waals surface area contributed by atoms with Gasteiger partial charge in [-0.15, -0.1) is 12.4 Å². The van der Waals surface area contributed by atoms with Crippen molar-refractivity contribution >= 4 is 12.4 Å². The number of aryl methyl sites for hydroxylation is 1. The van der Waals surface area contributed by atoms with Crippen molar-refractivity contribution in [3.8, 4) is 0 Å². The largest absolute Gasteiger partial charge is 0.372 e. The van der Waals surface area contributed by atoms with Crippen molar-refractivity contribution in [3.05, 3.63) is 34.9 Å². The molecule has 0 bridgehead atoms. The lowest BCUT2D eigenvalue weighted by molar-refractivity contribution is 0.0299. The van der Waals surface area contributed by atoms with E-state index in [-0.39, 0.29) is 12.4 Å². The molecular weight excluding hydrogens is 210 g/mol. The molecule has 0 radical (unpaired) electrons. The van der Waals surface area contributed by atoms with Gasteiger partial charge in [0.2, 0.25) is 0 Å². The molecule has 1 N–H and O–H groups in total. The third-order valence-corrected chi connectivity index (χ3v) is 3.31. The predicted octanol–water partition coefficient (Wildman–Crippen LogP) is 2.00. The van der Waals surface area contributed by atoms with E-state index in [0.717, 1.165) is 19.7 Å². The van der Waals surface area contributed by atoms with Gasteiger partial charge in [0.1, 0.15) is 0 Å². The normalized spacial score (nSPS) is 27.8. The third kappa shape index (κ3) is 1.78. The molecule has 0 aliphatic carbocycles. The second-order valence-electron chi connectivity index (χ2n) is 4.32. The summed E-state index contributed by atoms with van der Waals surface area (Å²) in [5, 5.41) is 3.40. The van der Waals surface area contributed by atoms with Crippen LogP contribution in [0.15, 0.2) is 18.2 Å². The van der Waals surface area contributed by atoms with Crippen LogP contribution < -0.4 is 5.32 Å². The van der Waals surface area contributed by atoms with Gasteiger partial charge in [0, 0.05) is 19.0 Å². The number of benzene rings is 1. The van der Waals surface area contributed by atoms with E-state index in [4.69, 9.17) is 4.74 Å². The van der Waals surface area contributed by atoms with Crippen LogP contribution in [0.5, 0.6) is 0 Å². The van der Waals surface area contributed by atoms with Gasteiger partial charge in [-0.1, -0.05) is 23.8 Å². The lowest BCUT2D eigenvalue weighted by atomic mass is 9.88. The first kappa shape index (κ1) is 10.9. The quantitative estimate of drug-likeness (QED) is 0.730. The SMILES string of the molecule is Cc1ccc2c(c1)[C@H]1CNC[C@H]1OC2.Cl. The first-order valence-electron chi connectivity index (χ1n) is 5.26. The Hall–Kier alpha value is -0.570. The van der Waals surface area contributed by atoms with Gasteiger partial charge in [-0.25, -0.2) is 0 Å². The first-order valence-corrected chi connectivity index (χ1v) is 5.26. The summed E-state index contributed by atoms with van der Waals surface area (Å²) in [5.41, 5.74) is 4.24. The van der Waals surface area contributed by atoms with E-state index in [1.54, 1.807) is 0 Å². The zero-order valence-corrected chi connectivity index (χ0v) is 9.64. The van der Waals surface area contributed by atoms with Crippen LogP contribution in [0.3, 0.4) is 0 Å². The van der Waals surface area contributed by atoms with Crippen LogP contribution in [0.25, 0.3) is 0 Å². The summed E-state index contributed by atoms with van der Waals surface area (Å²) in [6, 6.07) is 6.70. The lowest BCUT2D eigenvalue weighted by Crippen LogP contribution is -2.26. The highest BCUT2D eigenvalue weighted by Gasteiger charge is 2.33. The van der Waals surface area contributed by atoms with Crippen LogP contribution in [-0.4, -0.2) is 19.2 Å². The zero-order valence-electron chi connectivity index (χ0n) is 8.82. The predicted molar refractivity (Wildman–Crippen MR) is 62.6 cm³/mol. The Morgan fingerprint density at radius 2 is 2.20 bits per heavy atom. The highest BCUT2D eigenvalue weighted by Crippen LogP contribution is 2.33. The van der Waals surface area contributed by atoms with Gasteiger partial charge >= 0.3 is 0 Å². The molecule has 1 saturated heterocycles. The Labute approximate surface area is 96.4 Å². The van der Waals surface area contributed by atoms with Gasteiger partial charge < -0.3 is 10.1 Å². The molecule has 15 heavy (non-hydrogen) atoms. The van der Waals surface area contributed by atoms with E-state index >= 15 is 0 Å². The molecule has 1 fully saturated rings. The van der Waals surface area contributed by atoms with Crippen molar-refractivity contribution in [2.24, 2.45) is 0 Å². The Morgan fingerprint density at radius 3 is 3.07 bits per heavy atom. The summed E-state index contributed by atoms with van der Waals surface area (Å²) in [4.78, 5) is 0. The summed E-state index contributed by atoms with van der Waals surface area (Å²) < 4.78 is 5.81. The van der Waals surface area contributed by atoms with Crippen LogP contribution >= 0.6 is 12.4 Å². The Balaban J connectivity index is 0.000000853. The van der Waals surface area contributed by atoms with E-state index in [2.05, 4.69) is 30.4 Å². The molecule has 0 spiro atoms. The molecule has 2 nitrogen and oxygen atoms in total. The van der Waals surface area contributed by atoms with Crippen molar-refractivity contribution in [2.45, 2.75) is 25.6 Å². The highest BCUT2D eigenvalue weighted by atomic mass is 35.5. The number of hydrogen-bond donors (Lipinski definition) is 1. The van der Waals surface area contributed by atoms with Crippen molar-refractivity contribution < 1.29 is 4.74 Å². The number of rotatable bonds is 0. The number of nitrogens with one attached hydrogen (secondary N) is 1. The van der Waals surface area contributed by atoms with E-state index in [0.29, 0.717) is 12.0 Å². The van der Waals surface area contributed by atoms with Crippen LogP contribution in [-0.2, 0) is 11.3 Å². The van der Waals surface area contributed by atoms with Gasteiger partial charge in [0.25, 0.3) is 0 Å². The molecule has 2 atom stereocenters. The maximum Gasteiger partial charge on any atom is 0.0784 e. The number of hydrogen-bond acceptors (Lipinski definition) is 2. The van der Waals surface area contributed by atoms with Gasteiger partial charge in [0.05, 0.1) is 12.7 Å². The molecular formula is C12H16ClNO. The fraction of sp³-hybridized carbons (Fsp3) is 0.500. The Kier molecular flexibility index (Phi) is 3.01. The van der Waals surface area contributed by atoms with Crippen molar-refractivity contribution in [1.82, 2.24) is 5.32 Å². The van der Waals surface area contributed by atoms with E-state index in [1.807, 2.05) is 0 Å². The second-order valence-corrected chi connectivity index (χ2v) is 4.32.